The molecule has 1 radical (unpaired) electrons. The Bertz CT molecular complexity index is 255. The van der Waals surface area contributed by atoms with Crippen LogP contribution in [0, 0.1) is 12.3 Å². The van der Waals surface area contributed by atoms with Gasteiger partial charge in [0.1, 0.15) is 0 Å². The van der Waals surface area contributed by atoms with Crippen molar-refractivity contribution < 1.29 is 0 Å². The highest BCUT2D eigenvalue weighted by Gasteiger charge is 2.19. The fourth-order valence-corrected chi connectivity index (χ4v) is 1.18. The minimum atomic E-state index is 0.880. The van der Waals surface area contributed by atoms with Crippen LogP contribution in [0.25, 0.3) is 6.08 Å². The minimum Gasteiger partial charge on any atom is -0.0800 e. The highest BCUT2D eigenvalue weighted by atomic mass is 14.2. The van der Waals surface area contributed by atoms with Gasteiger partial charge in [0.2, 0.25) is 0 Å². The summed E-state index contributed by atoms with van der Waals surface area (Å²) in [5.74, 6) is 0.880. The molecule has 1 saturated carbocycles. The average Bonchev–Trinajstić information content (AvgIpc) is 2.90. The molecule has 0 spiro atoms. The van der Waals surface area contributed by atoms with Crippen LogP contribution in [0.3, 0.4) is 0 Å². The largest absolute Gasteiger partial charge is 0.0800 e. The lowest BCUT2D eigenvalue weighted by molar-refractivity contribution is 1.05. The SMILES string of the molecule is [CH](/C=C\c1ccccc1)C1CC1. The summed E-state index contributed by atoms with van der Waals surface area (Å²) in [7, 11) is 0. The minimum absolute atomic E-state index is 0.880. The third-order valence-electron chi connectivity index (χ3n) is 2.09. The van der Waals surface area contributed by atoms with E-state index < -0.39 is 0 Å². The third kappa shape index (κ3) is 2.23. The van der Waals surface area contributed by atoms with Gasteiger partial charge in [-0.1, -0.05) is 42.5 Å². The van der Waals surface area contributed by atoms with Crippen molar-refractivity contribution in [3.05, 3.63) is 48.4 Å². The number of allylic oxidation sites excluding steroid dienone is 1. The second-order valence-corrected chi connectivity index (χ2v) is 3.30. The first kappa shape index (κ1) is 7.60. The fourth-order valence-electron chi connectivity index (χ4n) is 1.18. The molecule has 1 aromatic rings. The maximum Gasteiger partial charge on any atom is -0.0136 e. The molecular formula is C12H13. The molecule has 1 aliphatic carbocycles. The summed E-state index contributed by atoms with van der Waals surface area (Å²) in [5, 5.41) is 0. The van der Waals surface area contributed by atoms with E-state index in [4.69, 9.17) is 0 Å². The van der Waals surface area contributed by atoms with Gasteiger partial charge in [0.25, 0.3) is 0 Å². The van der Waals surface area contributed by atoms with Crippen LogP contribution in [0.1, 0.15) is 18.4 Å². The molecule has 0 bridgehead atoms. The first-order valence-electron chi connectivity index (χ1n) is 4.52. The lowest BCUT2D eigenvalue weighted by atomic mass is 10.2. The van der Waals surface area contributed by atoms with Crippen LogP contribution in [0.5, 0.6) is 0 Å². The quantitative estimate of drug-likeness (QED) is 0.631. The Hall–Kier alpha value is -1.04. The molecule has 0 saturated heterocycles. The number of hydrogen-bond donors (Lipinski definition) is 0. The summed E-state index contributed by atoms with van der Waals surface area (Å²) in [5.41, 5.74) is 1.29. The van der Waals surface area contributed by atoms with Gasteiger partial charge in [0.05, 0.1) is 0 Å². The van der Waals surface area contributed by atoms with E-state index in [1.54, 1.807) is 0 Å². The van der Waals surface area contributed by atoms with Gasteiger partial charge in [0.15, 0.2) is 0 Å². The summed E-state index contributed by atoms with van der Waals surface area (Å²) in [6.07, 6.45) is 9.41. The van der Waals surface area contributed by atoms with Crippen LogP contribution in [0.2, 0.25) is 0 Å². The van der Waals surface area contributed by atoms with Gasteiger partial charge in [0, 0.05) is 0 Å². The van der Waals surface area contributed by atoms with Crippen molar-refractivity contribution in [3.63, 3.8) is 0 Å². The molecular weight excluding hydrogens is 144 g/mol. The van der Waals surface area contributed by atoms with Crippen LogP contribution < -0.4 is 0 Å². The maximum atomic E-state index is 2.30. The number of hydrogen-bond acceptors (Lipinski definition) is 0. The van der Waals surface area contributed by atoms with E-state index >= 15 is 0 Å². The topological polar surface area (TPSA) is 0 Å². The van der Waals surface area contributed by atoms with Gasteiger partial charge >= 0.3 is 0 Å². The standard InChI is InChI=1S/C12H13/c1-2-5-11(6-3-1)7-4-8-12-9-10-12/h1-8,12H,9-10H2/b7-4-. The Morgan fingerprint density at radius 3 is 2.50 bits per heavy atom. The van der Waals surface area contributed by atoms with Crippen molar-refractivity contribution in [1.29, 1.82) is 0 Å². The Morgan fingerprint density at radius 1 is 1.08 bits per heavy atom. The second kappa shape index (κ2) is 3.57. The molecule has 0 aliphatic heterocycles. The van der Waals surface area contributed by atoms with Crippen LogP contribution in [0.4, 0.5) is 0 Å². The van der Waals surface area contributed by atoms with E-state index in [9.17, 15) is 0 Å². The Balaban J connectivity index is 1.89. The van der Waals surface area contributed by atoms with Gasteiger partial charge in [-0.25, -0.2) is 0 Å². The Labute approximate surface area is 73.9 Å². The highest BCUT2D eigenvalue weighted by Crippen LogP contribution is 2.31. The predicted molar refractivity (Wildman–Crippen MR) is 52.5 cm³/mol. The fraction of sp³-hybridized carbons (Fsp3) is 0.250. The van der Waals surface area contributed by atoms with Crippen LogP contribution in [-0.4, -0.2) is 0 Å². The molecule has 1 fully saturated rings. The van der Waals surface area contributed by atoms with E-state index in [2.05, 4.69) is 42.8 Å². The van der Waals surface area contributed by atoms with Crippen molar-refractivity contribution in [2.45, 2.75) is 12.8 Å². The lowest BCUT2D eigenvalue weighted by Gasteiger charge is -1.90. The molecule has 0 atom stereocenters. The van der Waals surface area contributed by atoms with Gasteiger partial charge in [-0.3, -0.25) is 0 Å². The van der Waals surface area contributed by atoms with Crippen molar-refractivity contribution >= 4 is 6.08 Å². The zero-order valence-corrected chi connectivity index (χ0v) is 7.11. The van der Waals surface area contributed by atoms with Gasteiger partial charge in [-0.2, -0.15) is 0 Å². The summed E-state index contributed by atoms with van der Waals surface area (Å²) in [6.45, 7) is 0. The summed E-state index contributed by atoms with van der Waals surface area (Å²) in [6, 6.07) is 10.4. The average molecular weight is 157 g/mol. The molecule has 12 heavy (non-hydrogen) atoms. The van der Waals surface area contributed by atoms with E-state index in [1.165, 1.54) is 18.4 Å². The van der Waals surface area contributed by atoms with Crippen molar-refractivity contribution in [1.82, 2.24) is 0 Å². The molecule has 0 N–H and O–H groups in total. The van der Waals surface area contributed by atoms with Crippen LogP contribution in [-0.2, 0) is 0 Å². The van der Waals surface area contributed by atoms with E-state index in [0.29, 0.717) is 0 Å². The Morgan fingerprint density at radius 2 is 1.83 bits per heavy atom. The zero-order chi connectivity index (χ0) is 8.23. The van der Waals surface area contributed by atoms with E-state index in [1.807, 2.05) is 6.07 Å². The van der Waals surface area contributed by atoms with E-state index in [-0.39, 0.29) is 0 Å². The maximum absolute atomic E-state index is 2.30. The molecule has 0 unspecified atom stereocenters. The summed E-state index contributed by atoms with van der Waals surface area (Å²) in [4.78, 5) is 0. The smallest absolute Gasteiger partial charge is 0.0136 e. The van der Waals surface area contributed by atoms with Crippen molar-refractivity contribution in [2.24, 2.45) is 5.92 Å². The molecule has 0 amide bonds. The first-order chi connectivity index (χ1) is 5.95. The molecule has 1 aliphatic rings. The van der Waals surface area contributed by atoms with Gasteiger partial charge in [-0.05, 0) is 30.7 Å². The third-order valence-corrected chi connectivity index (χ3v) is 2.09. The first-order valence-corrected chi connectivity index (χ1v) is 4.52. The molecule has 0 heterocycles. The van der Waals surface area contributed by atoms with Crippen molar-refractivity contribution in [3.8, 4) is 0 Å². The van der Waals surface area contributed by atoms with Crippen LogP contribution >= 0.6 is 0 Å². The summed E-state index contributed by atoms with van der Waals surface area (Å²) < 4.78 is 0. The predicted octanol–water partition coefficient (Wildman–Crippen LogP) is 3.31. The molecule has 0 aromatic heterocycles. The Kier molecular flexibility index (Phi) is 2.26. The molecule has 0 heteroatoms. The molecule has 2 rings (SSSR count). The van der Waals surface area contributed by atoms with Crippen LogP contribution in [0.15, 0.2) is 36.4 Å². The molecule has 1 aromatic carbocycles. The highest BCUT2D eigenvalue weighted by molar-refractivity contribution is 5.50. The van der Waals surface area contributed by atoms with Crippen molar-refractivity contribution in [2.75, 3.05) is 0 Å². The number of rotatable bonds is 3. The number of benzene rings is 1. The zero-order valence-electron chi connectivity index (χ0n) is 7.11. The lowest BCUT2D eigenvalue weighted by Crippen LogP contribution is -1.72. The van der Waals surface area contributed by atoms with Gasteiger partial charge in [-0.15, -0.1) is 0 Å². The molecule has 61 valence electrons. The molecule has 0 nitrogen and oxygen atoms in total. The normalized spacial score (nSPS) is 17.0. The second-order valence-electron chi connectivity index (χ2n) is 3.30. The van der Waals surface area contributed by atoms with E-state index in [0.717, 1.165) is 5.92 Å². The summed E-state index contributed by atoms with van der Waals surface area (Å²) >= 11 is 0. The monoisotopic (exact) mass is 157 g/mol. The van der Waals surface area contributed by atoms with Gasteiger partial charge < -0.3 is 0 Å².